The fraction of sp³-hybridized carbons (Fsp3) is 0.406. The Bertz CT molecular complexity index is 1690. The van der Waals surface area contributed by atoms with Crippen molar-refractivity contribution in [1.82, 2.24) is 29.2 Å². The highest BCUT2D eigenvalue weighted by atomic mass is 16.3. The summed E-state index contributed by atoms with van der Waals surface area (Å²) >= 11 is 0. The number of hydrogen-bond acceptors (Lipinski definition) is 9. The van der Waals surface area contributed by atoms with Crippen LogP contribution in [0.4, 0.5) is 17.3 Å². The summed E-state index contributed by atoms with van der Waals surface area (Å²) in [6.07, 6.45) is 7.70. The predicted molar refractivity (Wildman–Crippen MR) is 167 cm³/mol. The Hall–Kier alpha value is -4.35. The quantitative estimate of drug-likeness (QED) is 0.155. The van der Waals surface area contributed by atoms with Gasteiger partial charge in [0.15, 0.2) is 11.5 Å². The van der Waals surface area contributed by atoms with Crippen LogP contribution in [-0.2, 0) is 23.4 Å². The minimum atomic E-state index is -0.976. The van der Waals surface area contributed by atoms with E-state index in [0.717, 1.165) is 68.8 Å². The number of aldehydes is 1. The molecule has 1 saturated heterocycles. The van der Waals surface area contributed by atoms with Crippen LogP contribution in [0.1, 0.15) is 43.9 Å². The van der Waals surface area contributed by atoms with Gasteiger partial charge in [0, 0.05) is 50.2 Å². The fourth-order valence-electron chi connectivity index (χ4n) is 6.13. The minimum Gasteiger partial charge on any atom is -0.384 e. The summed E-state index contributed by atoms with van der Waals surface area (Å²) in [6, 6.07) is 12.0. The maximum Gasteiger partial charge on any atom is 0.278 e. The van der Waals surface area contributed by atoms with E-state index in [1.165, 1.54) is 0 Å². The summed E-state index contributed by atoms with van der Waals surface area (Å²) in [5.74, 6) is 0.874. The molecule has 4 heterocycles. The Balaban J connectivity index is 1.25. The predicted octanol–water partition coefficient (Wildman–Crippen LogP) is 3.55. The molecule has 4 aromatic rings. The molecule has 1 atom stereocenters. The molecular weight excluding hydrogens is 544 g/mol. The zero-order chi connectivity index (χ0) is 30.0. The number of rotatable bonds is 11. The van der Waals surface area contributed by atoms with Crippen LogP contribution in [0.25, 0.3) is 16.9 Å². The molecule has 11 heteroatoms. The van der Waals surface area contributed by atoms with Gasteiger partial charge in [-0.3, -0.25) is 9.69 Å². The van der Waals surface area contributed by atoms with Crippen LogP contribution in [0.2, 0.25) is 0 Å². The summed E-state index contributed by atoms with van der Waals surface area (Å²) in [7, 11) is 0. The van der Waals surface area contributed by atoms with E-state index in [9.17, 15) is 14.7 Å². The molecule has 1 aromatic carbocycles. The molecule has 1 fully saturated rings. The highest BCUT2D eigenvalue weighted by Crippen LogP contribution is 2.38. The van der Waals surface area contributed by atoms with E-state index in [1.807, 2.05) is 31.2 Å². The zero-order valence-corrected chi connectivity index (χ0v) is 24.6. The smallest absolute Gasteiger partial charge is 0.278 e. The maximum absolute atomic E-state index is 13.4. The Kier molecular flexibility index (Phi) is 8.09. The van der Waals surface area contributed by atoms with Gasteiger partial charge in [-0.05, 0) is 68.1 Å². The van der Waals surface area contributed by atoms with Crippen LogP contribution >= 0.6 is 0 Å². The number of hydrogen-bond donors (Lipinski definition) is 2. The SMILES string of the molecule is C=CCn1c(=O)c2cnc(Nc3ccc(N4CCN(CCCC=O)CC4)cc3)nc2n1-c1ccc2c(n1)[C@@](O)(CC)CC2. The number of unbranched alkanes of at least 4 members (excludes halogenated alkanes) is 1. The van der Waals surface area contributed by atoms with Gasteiger partial charge in [0.25, 0.3) is 5.56 Å². The normalized spacial score (nSPS) is 18.6. The van der Waals surface area contributed by atoms with Crippen LogP contribution in [0.15, 0.2) is 60.0 Å². The standard InChI is InChI=1S/C32H38N8O3/c1-3-15-39-30(42)26-22-33-31(36-29(26)40(39)27-12-7-23-13-14-32(43,4-2)28(23)35-27)34-24-8-10-25(11-9-24)38-19-17-37(18-20-38)16-5-6-21-41/h3,7-12,21-22,43H,1,4-6,13-20H2,2H3,(H,33,34,36)/t32-/m1/s1. The highest BCUT2D eigenvalue weighted by molar-refractivity contribution is 5.77. The Labute approximate surface area is 250 Å². The lowest BCUT2D eigenvalue weighted by Gasteiger charge is -2.36. The molecule has 0 unspecified atom stereocenters. The van der Waals surface area contributed by atoms with Crippen LogP contribution in [0.5, 0.6) is 0 Å². The number of aryl methyl sites for hydroxylation is 1. The number of anilines is 3. The van der Waals surface area contributed by atoms with Crippen molar-refractivity contribution in [3.63, 3.8) is 0 Å². The van der Waals surface area contributed by atoms with E-state index in [0.29, 0.717) is 47.8 Å². The Morgan fingerprint density at radius 2 is 1.88 bits per heavy atom. The Morgan fingerprint density at radius 1 is 1.09 bits per heavy atom. The maximum atomic E-state index is 13.4. The lowest BCUT2D eigenvalue weighted by molar-refractivity contribution is -0.108. The second-order valence-corrected chi connectivity index (χ2v) is 11.3. The number of aliphatic hydroxyl groups is 1. The first-order chi connectivity index (χ1) is 20.9. The topological polar surface area (TPSA) is 121 Å². The van der Waals surface area contributed by atoms with Gasteiger partial charge in [0.05, 0.1) is 12.2 Å². The van der Waals surface area contributed by atoms with Crippen LogP contribution in [0, 0.1) is 0 Å². The van der Waals surface area contributed by atoms with Crippen LogP contribution in [-0.4, -0.2) is 73.3 Å². The molecule has 1 aliphatic carbocycles. The monoisotopic (exact) mass is 582 g/mol. The summed E-state index contributed by atoms with van der Waals surface area (Å²) in [5.41, 5.74) is 2.90. The van der Waals surface area contributed by atoms with Crippen molar-refractivity contribution in [2.75, 3.05) is 42.9 Å². The number of pyridine rings is 1. The van der Waals surface area contributed by atoms with Gasteiger partial charge in [-0.15, -0.1) is 6.58 Å². The van der Waals surface area contributed by atoms with Crippen molar-refractivity contribution in [3.8, 4) is 5.82 Å². The molecule has 0 radical (unpaired) electrons. The number of allylic oxidation sites excluding steroid dienone is 1. The molecule has 0 spiro atoms. The molecule has 0 amide bonds. The molecule has 3 aromatic heterocycles. The largest absolute Gasteiger partial charge is 0.384 e. The number of piperazine rings is 1. The number of nitrogens with one attached hydrogen (secondary N) is 1. The molecule has 0 saturated carbocycles. The summed E-state index contributed by atoms with van der Waals surface area (Å²) < 4.78 is 3.24. The molecule has 0 bridgehead atoms. The summed E-state index contributed by atoms with van der Waals surface area (Å²) in [6.45, 7) is 10.9. The van der Waals surface area contributed by atoms with E-state index in [1.54, 1.807) is 21.6 Å². The zero-order valence-electron chi connectivity index (χ0n) is 24.6. The molecule has 2 aliphatic rings. The molecule has 11 nitrogen and oxygen atoms in total. The van der Waals surface area contributed by atoms with Crippen LogP contribution < -0.4 is 15.8 Å². The number of benzene rings is 1. The van der Waals surface area contributed by atoms with Gasteiger partial charge < -0.3 is 20.1 Å². The van der Waals surface area contributed by atoms with Crippen molar-refractivity contribution in [1.29, 1.82) is 0 Å². The van der Waals surface area contributed by atoms with Crippen molar-refractivity contribution in [3.05, 3.63) is 76.9 Å². The van der Waals surface area contributed by atoms with Gasteiger partial charge in [-0.2, -0.15) is 4.98 Å². The average Bonchev–Trinajstić information content (AvgIpc) is 3.51. The molecule has 224 valence electrons. The first-order valence-electron chi connectivity index (χ1n) is 15.0. The van der Waals surface area contributed by atoms with Gasteiger partial charge in [-0.1, -0.05) is 19.1 Å². The van der Waals surface area contributed by atoms with Crippen molar-refractivity contribution < 1.29 is 9.90 Å². The molecule has 2 N–H and O–H groups in total. The number of carbonyl (C=O) groups excluding carboxylic acids is 1. The fourth-order valence-corrected chi connectivity index (χ4v) is 6.13. The van der Waals surface area contributed by atoms with E-state index < -0.39 is 5.60 Å². The molecule has 6 rings (SSSR count). The molecule has 43 heavy (non-hydrogen) atoms. The number of aromatic nitrogens is 5. The second-order valence-electron chi connectivity index (χ2n) is 11.3. The van der Waals surface area contributed by atoms with Crippen molar-refractivity contribution in [2.24, 2.45) is 0 Å². The van der Waals surface area contributed by atoms with E-state index in [4.69, 9.17) is 9.97 Å². The van der Waals surface area contributed by atoms with Crippen LogP contribution in [0.3, 0.4) is 0 Å². The van der Waals surface area contributed by atoms with E-state index >= 15 is 0 Å². The third kappa shape index (κ3) is 5.57. The lowest BCUT2D eigenvalue weighted by atomic mass is 9.98. The summed E-state index contributed by atoms with van der Waals surface area (Å²) in [5, 5.41) is 14.8. The lowest BCUT2D eigenvalue weighted by Crippen LogP contribution is -2.46. The first kappa shape index (κ1) is 28.8. The first-order valence-corrected chi connectivity index (χ1v) is 15.0. The molecule has 1 aliphatic heterocycles. The van der Waals surface area contributed by atoms with E-state index in [2.05, 4.69) is 38.8 Å². The average molecular weight is 583 g/mol. The summed E-state index contributed by atoms with van der Waals surface area (Å²) in [4.78, 5) is 42.8. The highest BCUT2D eigenvalue weighted by Gasteiger charge is 2.37. The van der Waals surface area contributed by atoms with Crippen molar-refractivity contribution in [2.45, 2.75) is 51.2 Å². The number of nitrogens with zero attached hydrogens (tertiary/aromatic N) is 7. The minimum absolute atomic E-state index is 0.234. The second kappa shape index (κ2) is 12.1. The molecular formula is C32H38N8O3. The van der Waals surface area contributed by atoms with E-state index in [-0.39, 0.29) is 12.1 Å². The van der Waals surface area contributed by atoms with Crippen molar-refractivity contribution >= 4 is 34.6 Å². The third-order valence-electron chi connectivity index (χ3n) is 8.65. The van der Waals surface area contributed by atoms with Gasteiger partial charge >= 0.3 is 0 Å². The van der Waals surface area contributed by atoms with Gasteiger partial charge in [0.1, 0.15) is 17.3 Å². The Morgan fingerprint density at radius 3 is 2.60 bits per heavy atom. The number of fused-ring (bicyclic) bond motifs is 2. The van der Waals surface area contributed by atoms with Gasteiger partial charge in [0.2, 0.25) is 5.95 Å². The third-order valence-corrected chi connectivity index (χ3v) is 8.65. The van der Waals surface area contributed by atoms with Gasteiger partial charge in [-0.25, -0.2) is 19.3 Å². The number of carbonyl (C=O) groups is 1.